The number of rotatable bonds is 2. The Bertz CT molecular complexity index is 467. The average Bonchev–Trinajstić information content (AvgIpc) is 2.16. The smallest absolute Gasteiger partial charge is 0.258 e. The van der Waals surface area contributed by atoms with Crippen LogP contribution in [-0.4, -0.2) is 4.92 Å². The van der Waals surface area contributed by atoms with Gasteiger partial charge < -0.3 is 0 Å². The van der Waals surface area contributed by atoms with Crippen LogP contribution in [-0.2, 0) is 6.18 Å². The number of nitriles is 1. The minimum Gasteiger partial charge on any atom is -0.258 e. The van der Waals surface area contributed by atoms with E-state index >= 15 is 0 Å². The lowest BCUT2D eigenvalue weighted by Gasteiger charge is -2.06. The van der Waals surface area contributed by atoms with Gasteiger partial charge in [-0.05, 0) is 23.9 Å². The maximum atomic E-state index is 12.3. The summed E-state index contributed by atoms with van der Waals surface area (Å²) >= 11 is 0.446. The van der Waals surface area contributed by atoms with Crippen LogP contribution in [0.4, 0.5) is 18.9 Å². The van der Waals surface area contributed by atoms with Crippen LogP contribution in [0.1, 0.15) is 5.56 Å². The van der Waals surface area contributed by atoms with Gasteiger partial charge in [-0.25, -0.2) is 0 Å². The van der Waals surface area contributed by atoms with E-state index in [0.29, 0.717) is 23.9 Å². The van der Waals surface area contributed by atoms with Gasteiger partial charge in [0.25, 0.3) is 5.69 Å². The summed E-state index contributed by atoms with van der Waals surface area (Å²) in [5.74, 6) is 0. The Morgan fingerprint density at radius 2 is 2.06 bits per heavy atom. The Balaban J connectivity index is 3.29. The molecule has 84 valence electrons. The third kappa shape index (κ3) is 2.64. The van der Waals surface area contributed by atoms with Gasteiger partial charge in [-0.15, -0.1) is 0 Å². The van der Waals surface area contributed by atoms with Crippen LogP contribution >= 0.6 is 11.8 Å². The molecule has 0 fully saturated rings. The molecule has 0 atom stereocenters. The van der Waals surface area contributed by atoms with Crippen molar-refractivity contribution in [1.82, 2.24) is 0 Å². The molecule has 0 unspecified atom stereocenters. The number of alkyl halides is 3. The van der Waals surface area contributed by atoms with E-state index in [9.17, 15) is 23.3 Å². The first-order chi connectivity index (χ1) is 7.36. The maximum Gasteiger partial charge on any atom is 0.416 e. The van der Waals surface area contributed by atoms with Gasteiger partial charge in [0.1, 0.15) is 10.3 Å². The summed E-state index contributed by atoms with van der Waals surface area (Å²) in [6.07, 6.45) is -4.64. The molecule has 1 rings (SSSR count). The Hall–Kier alpha value is -1.75. The number of nitro benzene ring substituents is 1. The number of thioether (sulfide) groups is 1. The third-order valence-corrected chi connectivity index (χ3v) is 2.29. The summed E-state index contributed by atoms with van der Waals surface area (Å²) in [4.78, 5) is 9.43. The number of hydrogen-bond acceptors (Lipinski definition) is 4. The van der Waals surface area contributed by atoms with Crippen LogP contribution in [0.25, 0.3) is 0 Å². The molecule has 1 aromatic rings. The first-order valence-corrected chi connectivity index (χ1v) is 4.59. The topological polar surface area (TPSA) is 66.9 Å². The molecule has 16 heavy (non-hydrogen) atoms. The quantitative estimate of drug-likeness (QED) is 0.349. The van der Waals surface area contributed by atoms with Crippen LogP contribution in [0.15, 0.2) is 23.1 Å². The van der Waals surface area contributed by atoms with E-state index in [1.807, 2.05) is 0 Å². The Labute approximate surface area is 91.8 Å². The van der Waals surface area contributed by atoms with Crippen molar-refractivity contribution in [2.75, 3.05) is 0 Å². The molecular formula is C8H3F3N2O2S. The predicted octanol–water partition coefficient (Wildman–Crippen LogP) is 3.19. The highest BCUT2D eigenvalue weighted by molar-refractivity contribution is 8.03. The number of nitrogens with zero attached hydrogens (tertiary/aromatic N) is 2. The number of benzene rings is 1. The SMILES string of the molecule is N#CSc1ccc(C(F)(F)F)cc1[N+](=O)[O-]. The molecule has 0 aliphatic rings. The fraction of sp³-hybridized carbons (Fsp3) is 0.125. The molecular weight excluding hydrogens is 245 g/mol. The second kappa shape index (κ2) is 4.40. The molecule has 0 heterocycles. The van der Waals surface area contributed by atoms with E-state index in [2.05, 4.69) is 0 Å². The van der Waals surface area contributed by atoms with Gasteiger partial charge in [-0.1, -0.05) is 0 Å². The largest absolute Gasteiger partial charge is 0.416 e. The highest BCUT2D eigenvalue weighted by atomic mass is 32.2. The number of halogens is 3. The Morgan fingerprint density at radius 3 is 2.50 bits per heavy atom. The molecule has 0 aliphatic heterocycles. The first-order valence-electron chi connectivity index (χ1n) is 3.78. The van der Waals surface area contributed by atoms with E-state index < -0.39 is 22.4 Å². The highest BCUT2D eigenvalue weighted by Gasteiger charge is 2.33. The minimum absolute atomic E-state index is 0.111. The van der Waals surface area contributed by atoms with E-state index in [1.54, 1.807) is 5.40 Å². The lowest BCUT2D eigenvalue weighted by Crippen LogP contribution is -2.05. The van der Waals surface area contributed by atoms with E-state index in [0.717, 1.165) is 6.07 Å². The summed E-state index contributed by atoms with van der Waals surface area (Å²) in [5.41, 5.74) is -1.83. The fourth-order valence-corrected chi connectivity index (χ4v) is 1.44. The van der Waals surface area contributed by atoms with Gasteiger partial charge in [0.15, 0.2) is 0 Å². The maximum absolute atomic E-state index is 12.3. The van der Waals surface area contributed by atoms with Crippen molar-refractivity contribution in [1.29, 1.82) is 5.26 Å². The molecule has 0 aromatic heterocycles. The molecule has 4 nitrogen and oxygen atoms in total. The van der Waals surface area contributed by atoms with Crippen molar-refractivity contribution in [3.8, 4) is 5.40 Å². The summed E-state index contributed by atoms with van der Waals surface area (Å²) in [7, 11) is 0. The zero-order chi connectivity index (χ0) is 12.3. The molecule has 0 N–H and O–H groups in total. The van der Waals surface area contributed by atoms with Gasteiger partial charge in [-0.3, -0.25) is 10.1 Å². The molecule has 0 aliphatic carbocycles. The van der Waals surface area contributed by atoms with E-state index in [4.69, 9.17) is 5.26 Å². The molecule has 8 heteroatoms. The van der Waals surface area contributed by atoms with Gasteiger partial charge in [0, 0.05) is 6.07 Å². The van der Waals surface area contributed by atoms with Crippen LogP contribution in [0, 0.1) is 20.8 Å². The average molecular weight is 248 g/mol. The number of thiocyanates is 1. The van der Waals surface area contributed by atoms with Gasteiger partial charge in [0.2, 0.25) is 0 Å². The molecule has 0 saturated heterocycles. The van der Waals surface area contributed by atoms with E-state index in [-0.39, 0.29) is 4.90 Å². The second-order valence-electron chi connectivity index (χ2n) is 2.63. The van der Waals surface area contributed by atoms with Crippen LogP contribution in [0.5, 0.6) is 0 Å². The monoisotopic (exact) mass is 248 g/mol. The third-order valence-electron chi connectivity index (χ3n) is 1.64. The lowest BCUT2D eigenvalue weighted by molar-refractivity contribution is -0.388. The molecule has 0 spiro atoms. The van der Waals surface area contributed by atoms with Crippen LogP contribution < -0.4 is 0 Å². The Kier molecular flexibility index (Phi) is 3.39. The zero-order valence-corrected chi connectivity index (χ0v) is 8.30. The second-order valence-corrected chi connectivity index (χ2v) is 3.46. The molecule has 1 aromatic carbocycles. The fourth-order valence-electron chi connectivity index (χ4n) is 0.972. The first kappa shape index (κ1) is 12.3. The lowest BCUT2D eigenvalue weighted by atomic mass is 10.2. The number of hydrogen-bond donors (Lipinski definition) is 0. The number of nitro groups is 1. The van der Waals surface area contributed by atoms with Crippen molar-refractivity contribution in [2.24, 2.45) is 0 Å². The van der Waals surface area contributed by atoms with Gasteiger partial charge in [0.05, 0.1) is 10.5 Å². The molecule has 0 bridgehead atoms. The van der Waals surface area contributed by atoms with Crippen molar-refractivity contribution in [2.45, 2.75) is 11.1 Å². The van der Waals surface area contributed by atoms with Crippen LogP contribution in [0.2, 0.25) is 0 Å². The molecule has 0 radical (unpaired) electrons. The van der Waals surface area contributed by atoms with E-state index in [1.165, 1.54) is 0 Å². The summed E-state index contributed by atoms with van der Waals surface area (Å²) < 4.78 is 36.8. The molecule has 0 amide bonds. The van der Waals surface area contributed by atoms with Crippen LogP contribution in [0.3, 0.4) is 0 Å². The van der Waals surface area contributed by atoms with Gasteiger partial charge in [-0.2, -0.15) is 18.4 Å². The van der Waals surface area contributed by atoms with Crippen molar-refractivity contribution in [3.63, 3.8) is 0 Å². The summed E-state index contributed by atoms with van der Waals surface area (Å²) in [5, 5.41) is 20.4. The highest BCUT2D eigenvalue weighted by Crippen LogP contribution is 2.36. The van der Waals surface area contributed by atoms with Crippen molar-refractivity contribution in [3.05, 3.63) is 33.9 Å². The Morgan fingerprint density at radius 1 is 1.44 bits per heavy atom. The summed E-state index contributed by atoms with van der Waals surface area (Å²) in [6.45, 7) is 0. The van der Waals surface area contributed by atoms with Gasteiger partial charge >= 0.3 is 6.18 Å². The molecule has 0 saturated carbocycles. The minimum atomic E-state index is -4.64. The van der Waals surface area contributed by atoms with Crippen molar-refractivity contribution >= 4 is 17.4 Å². The zero-order valence-electron chi connectivity index (χ0n) is 7.49. The standard InChI is InChI=1S/C8H3F3N2O2S/c9-8(10,11)5-1-2-7(16-4-12)6(3-5)13(14)15/h1-3H. The normalized spacial score (nSPS) is 10.9. The predicted molar refractivity (Wildman–Crippen MR) is 49.6 cm³/mol. The summed E-state index contributed by atoms with van der Waals surface area (Å²) in [6, 6.07) is 2.03. The van der Waals surface area contributed by atoms with Crippen molar-refractivity contribution < 1.29 is 18.1 Å².